The van der Waals surface area contributed by atoms with Gasteiger partial charge in [0, 0.05) is 18.2 Å². The average molecular weight is 387 g/mol. The lowest BCUT2D eigenvalue weighted by molar-refractivity contribution is -0.128. The number of nitrogens with one attached hydrogen (secondary N) is 2. The number of aromatic nitrogens is 4. The maximum atomic E-state index is 13.2. The molecule has 2 atom stereocenters. The molecule has 0 bridgehead atoms. The molecule has 0 radical (unpaired) electrons. The molecule has 1 saturated heterocycles. The van der Waals surface area contributed by atoms with Gasteiger partial charge >= 0.3 is 0 Å². The highest BCUT2D eigenvalue weighted by atomic mass is 35.5. The number of tetrazole rings is 1. The first kappa shape index (κ1) is 17.1. The van der Waals surface area contributed by atoms with Crippen LogP contribution in [-0.2, 0) is 4.79 Å². The molecule has 0 unspecified atom stereocenters. The Morgan fingerprint density at radius 2 is 2.19 bits per heavy atom. The molecule has 8 heteroatoms. The minimum atomic E-state index is -0.286. The lowest BCUT2D eigenvalue weighted by Crippen LogP contribution is -2.44. The van der Waals surface area contributed by atoms with Gasteiger partial charge in [0.05, 0.1) is 16.1 Å². The molecular weight excluding hydrogens is 364 g/mol. The minimum Gasteiger partial charge on any atom is -0.325 e. The zero-order valence-corrected chi connectivity index (χ0v) is 15.9. The van der Waals surface area contributed by atoms with Gasteiger partial charge in [0.25, 0.3) is 0 Å². The lowest BCUT2D eigenvalue weighted by atomic mass is 9.67. The molecule has 1 aromatic heterocycles. The highest BCUT2D eigenvalue weighted by Crippen LogP contribution is 2.45. The third kappa shape index (κ3) is 2.93. The molecule has 1 aliphatic heterocycles. The molecule has 27 heavy (non-hydrogen) atoms. The second-order valence-electron chi connectivity index (χ2n) is 8.07. The highest BCUT2D eigenvalue weighted by Gasteiger charge is 2.49. The van der Waals surface area contributed by atoms with E-state index in [2.05, 4.69) is 26.2 Å². The van der Waals surface area contributed by atoms with E-state index in [-0.39, 0.29) is 11.3 Å². The largest absolute Gasteiger partial charge is 0.325 e. The number of carbonyl (C=O) groups is 1. The van der Waals surface area contributed by atoms with Crippen LogP contribution in [0.25, 0.3) is 5.69 Å². The molecule has 2 N–H and O–H groups in total. The number of hydrogen-bond donors (Lipinski definition) is 2. The molecule has 2 saturated carbocycles. The summed E-state index contributed by atoms with van der Waals surface area (Å²) in [5.41, 5.74) is 1.16. The molecule has 7 nitrogen and oxygen atoms in total. The topological polar surface area (TPSA) is 84.7 Å². The maximum Gasteiger partial charge on any atom is 0.232 e. The minimum absolute atomic E-state index is 0.115. The van der Waals surface area contributed by atoms with Crippen molar-refractivity contribution < 1.29 is 4.79 Å². The van der Waals surface area contributed by atoms with Crippen molar-refractivity contribution in [2.24, 2.45) is 11.3 Å². The van der Waals surface area contributed by atoms with E-state index in [0.29, 0.717) is 22.5 Å². The fraction of sp³-hybridized carbons (Fsp3) is 0.579. The number of fused-ring (bicyclic) bond motifs is 1. The number of carbonyl (C=O) groups excluding carboxylic acids is 1. The number of rotatable bonds is 4. The summed E-state index contributed by atoms with van der Waals surface area (Å²) in [5, 5.41) is 19.2. The molecule has 142 valence electrons. The van der Waals surface area contributed by atoms with Gasteiger partial charge in [0.15, 0.2) is 5.82 Å². The Morgan fingerprint density at radius 1 is 1.30 bits per heavy atom. The van der Waals surface area contributed by atoms with Crippen LogP contribution in [0.2, 0.25) is 5.02 Å². The molecule has 2 heterocycles. The van der Waals surface area contributed by atoms with E-state index < -0.39 is 0 Å². The van der Waals surface area contributed by atoms with E-state index >= 15 is 0 Å². The van der Waals surface area contributed by atoms with E-state index in [1.165, 1.54) is 6.42 Å². The van der Waals surface area contributed by atoms with Crippen molar-refractivity contribution in [2.75, 3.05) is 18.4 Å². The smallest absolute Gasteiger partial charge is 0.232 e. The normalized spacial score (nSPS) is 27.4. The van der Waals surface area contributed by atoms with E-state index in [0.717, 1.165) is 56.7 Å². The van der Waals surface area contributed by atoms with Gasteiger partial charge in [-0.15, -0.1) is 5.10 Å². The number of benzene rings is 1. The van der Waals surface area contributed by atoms with Crippen LogP contribution in [0.1, 0.15) is 50.3 Å². The summed E-state index contributed by atoms with van der Waals surface area (Å²) in [6, 6.07) is 5.52. The van der Waals surface area contributed by atoms with Gasteiger partial charge in [-0.1, -0.05) is 24.4 Å². The SMILES string of the molecule is O=C(Nc1ccc(Cl)c(-n2nnnc2C2CC2)c1)[C@@]12CCCC[C@H]1CNC2. The first-order valence-corrected chi connectivity index (χ1v) is 10.2. The number of amides is 1. The summed E-state index contributed by atoms with van der Waals surface area (Å²) >= 11 is 6.42. The second kappa shape index (κ2) is 6.56. The van der Waals surface area contributed by atoms with Crippen molar-refractivity contribution in [3.8, 4) is 5.69 Å². The molecule has 5 rings (SSSR count). The average Bonchev–Trinajstić information content (AvgIpc) is 3.24. The number of halogens is 1. The predicted octanol–water partition coefficient (Wildman–Crippen LogP) is 2.91. The first-order chi connectivity index (χ1) is 13.2. The third-order valence-electron chi connectivity index (χ3n) is 6.36. The number of nitrogens with zero attached hydrogens (tertiary/aromatic N) is 4. The molecule has 1 amide bonds. The van der Waals surface area contributed by atoms with Crippen LogP contribution in [0, 0.1) is 11.3 Å². The van der Waals surface area contributed by atoms with Gasteiger partial charge in [-0.25, -0.2) is 0 Å². The fourth-order valence-corrected chi connectivity index (χ4v) is 4.86. The Kier molecular flexibility index (Phi) is 4.16. The van der Waals surface area contributed by atoms with Gasteiger partial charge in [0.2, 0.25) is 5.91 Å². The summed E-state index contributed by atoms with van der Waals surface area (Å²) in [5.74, 6) is 1.79. The lowest BCUT2D eigenvalue weighted by Gasteiger charge is -2.37. The van der Waals surface area contributed by atoms with Crippen LogP contribution in [0.15, 0.2) is 18.2 Å². The third-order valence-corrected chi connectivity index (χ3v) is 6.68. The van der Waals surface area contributed by atoms with E-state index in [1.54, 1.807) is 10.7 Å². The van der Waals surface area contributed by atoms with Gasteiger partial charge < -0.3 is 10.6 Å². The second-order valence-corrected chi connectivity index (χ2v) is 8.48. The summed E-state index contributed by atoms with van der Waals surface area (Å²) < 4.78 is 1.70. The molecule has 3 fully saturated rings. The van der Waals surface area contributed by atoms with Gasteiger partial charge in [-0.3, -0.25) is 4.79 Å². The Morgan fingerprint density at radius 3 is 3.04 bits per heavy atom. The summed E-state index contributed by atoms with van der Waals surface area (Å²) in [6.07, 6.45) is 6.62. The van der Waals surface area contributed by atoms with Crippen LogP contribution in [0.3, 0.4) is 0 Å². The van der Waals surface area contributed by atoms with Crippen molar-refractivity contribution in [2.45, 2.75) is 44.4 Å². The first-order valence-electron chi connectivity index (χ1n) is 9.78. The summed E-state index contributed by atoms with van der Waals surface area (Å²) in [6.45, 7) is 1.71. The van der Waals surface area contributed by atoms with Crippen molar-refractivity contribution in [3.63, 3.8) is 0 Å². The Hall–Kier alpha value is -1.99. The molecule has 2 aliphatic carbocycles. The number of anilines is 1. The predicted molar refractivity (Wildman–Crippen MR) is 102 cm³/mol. The molecule has 0 spiro atoms. The van der Waals surface area contributed by atoms with Crippen LogP contribution >= 0.6 is 11.6 Å². The van der Waals surface area contributed by atoms with E-state index in [1.807, 2.05) is 12.1 Å². The standard InChI is InChI=1S/C19H23ClN6O/c20-15-7-6-14(9-16(15)26-17(12-4-5-12)23-24-25-26)22-18(27)19-8-2-1-3-13(19)10-21-11-19/h6-7,9,12-13,21H,1-5,8,10-11H2,(H,22,27)/t13-,19+/m0/s1. The Bertz CT molecular complexity index is 879. The van der Waals surface area contributed by atoms with Gasteiger partial charge in [0.1, 0.15) is 0 Å². The molecule has 3 aliphatic rings. The van der Waals surface area contributed by atoms with Gasteiger partial charge in [-0.05, 0) is 66.8 Å². The van der Waals surface area contributed by atoms with Crippen LogP contribution in [0.5, 0.6) is 0 Å². The Labute approximate surface area is 162 Å². The van der Waals surface area contributed by atoms with Crippen molar-refractivity contribution in [1.29, 1.82) is 0 Å². The zero-order chi connectivity index (χ0) is 18.4. The van der Waals surface area contributed by atoms with E-state index in [4.69, 9.17) is 11.6 Å². The monoisotopic (exact) mass is 386 g/mol. The molecular formula is C19H23ClN6O. The van der Waals surface area contributed by atoms with Crippen molar-refractivity contribution in [3.05, 3.63) is 29.0 Å². The van der Waals surface area contributed by atoms with Crippen LogP contribution in [0.4, 0.5) is 5.69 Å². The zero-order valence-electron chi connectivity index (χ0n) is 15.1. The Balaban J connectivity index is 1.43. The quantitative estimate of drug-likeness (QED) is 0.843. The molecule has 1 aromatic carbocycles. The van der Waals surface area contributed by atoms with Gasteiger partial charge in [-0.2, -0.15) is 4.68 Å². The van der Waals surface area contributed by atoms with Crippen molar-refractivity contribution >= 4 is 23.2 Å². The summed E-state index contributed by atoms with van der Waals surface area (Å²) in [4.78, 5) is 13.2. The van der Waals surface area contributed by atoms with Crippen molar-refractivity contribution in [1.82, 2.24) is 25.5 Å². The fourth-order valence-electron chi connectivity index (χ4n) is 4.66. The highest BCUT2D eigenvalue weighted by molar-refractivity contribution is 6.32. The summed E-state index contributed by atoms with van der Waals surface area (Å²) in [7, 11) is 0. The van der Waals surface area contributed by atoms with E-state index in [9.17, 15) is 4.79 Å². The number of hydrogen-bond acceptors (Lipinski definition) is 5. The maximum absolute atomic E-state index is 13.2. The van der Waals surface area contributed by atoms with Crippen LogP contribution < -0.4 is 10.6 Å². The molecule has 2 aromatic rings. The van der Waals surface area contributed by atoms with Crippen LogP contribution in [-0.4, -0.2) is 39.2 Å².